The first kappa shape index (κ1) is 27.3. The Balaban J connectivity index is 1.51. The summed E-state index contributed by atoms with van der Waals surface area (Å²) in [7, 11) is -2.22. The van der Waals surface area contributed by atoms with Crippen LogP contribution in [0.3, 0.4) is 0 Å². The van der Waals surface area contributed by atoms with E-state index in [2.05, 4.69) is 15.6 Å². The van der Waals surface area contributed by atoms with Gasteiger partial charge in [0.25, 0.3) is 5.91 Å². The number of nitrogens with zero attached hydrogens (tertiary/aromatic N) is 3. The maximum absolute atomic E-state index is 13.2. The number of nitrogens with one attached hydrogen (secondary N) is 1. The van der Waals surface area contributed by atoms with Crippen LogP contribution in [0.2, 0.25) is 5.02 Å². The summed E-state index contributed by atoms with van der Waals surface area (Å²) in [5, 5.41) is 11.2. The minimum atomic E-state index is -3.54. The molecule has 0 aliphatic heterocycles. The zero-order valence-corrected chi connectivity index (χ0v) is 22.5. The standard InChI is InChI=1S/C26H27ClN4O6S/c1-36-26(33)18-9-7-17(8-10-18)16-31-14-13-23(29-31)28-25(32)24(30-37-20-5-3-4-6-20)19-11-12-22(21(27)15-19)38(2,34)35/h7-15,20H,3-6,16H2,1-2H3,(H,28,29,32)/b30-24-. The first-order valence-corrected chi connectivity index (χ1v) is 14.2. The molecule has 0 radical (unpaired) electrons. The quantitative estimate of drug-likeness (QED) is 0.238. The maximum Gasteiger partial charge on any atom is 0.337 e. The molecule has 0 saturated heterocycles. The number of esters is 1. The molecule has 38 heavy (non-hydrogen) atoms. The molecule has 1 heterocycles. The second kappa shape index (κ2) is 11.8. The highest BCUT2D eigenvalue weighted by molar-refractivity contribution is 7.90. The van der Waals surface area contributed by atoms with Crippen LogP contribution < -0.4 is 5.32 Å². The van der Waals surface area contributed by atoms with Crippen molar-refractivity contribution in [3.63, 3.8) is 0 Å². The van der Waals surface area contributed by atoms with Gasteiger partial charge in [-0.2, -0.15) is 5.10 Å². The highest BCUT2D eigenvalue weighted by atomic mass is 35.5. The third-order valence-corrected chi connectivity index (χ3v) is 7.60. The number of benzene rings is 2. The lowest BCUT2D eigenvalue weighted by Gasteiger charge is -2.11. The van der Waals surface area contributed by atoms with Gasteiger partial charge in [-0.25, -0.2) is 13.2 Å². The number of hydrogen-bond acceptors (Lipinski definition) is 8. The molecule has 0 spiro atoms. The minimum Gasteiger partial charge on any atom is -0.465 e. The summed E-state index contributed by atoms with van der Waals surface area (Å²) in [5.74, 6) is -0.713. The number of rotatable bonds is 9. The maximum atomic E-state index is 13.2. The van der Waals surface area contributed by atoms with Crippen LogP contribution in [0.5, 0.6) is 0 Å². The lowest BCUT2D eigenvalue weighted by Crippen LogP contribution is -2.25. The predicted octanol–water partition coefficient (Wildman–Crippen LogP) is 4.08. The lowest BCUT2D eigenvalue weighted by molar-refractivity contribution is -0.110. The smallest absolute Gasteiger partial charge is 0.337 e. The second-order valence-corrected chi connectivity index (χ2v) is 11.3. The van der Waals surface area contributed by atoms with Crippen molar-refractivity contribution in [2.24, 2.45) is 5.16 Å². The van der Waals surface area contributed by atoms with Crippen LogP contribution >= 0.6 is 11.6 Å². The van der Waals surface area contributed by atoms with Gasteiger partial charge in [0.05, 0.1) is 29.1 Å². The molecule has 1 aliphatic carbocycles. The number of sulfone groups is 1. The number of halogens is 1. The first-order chi connectivity index (χ1) is 18.1. The SMILES string of the molecule is COC(=O)c1ccc(Cn2ccc(NC(=O)/C(=N\OC3CCCC3)c3ccc(S(C)(=O)=O)c(Cl)c3)n2)cc1. The third kappa shape index (κ3) is 6.78. The molecular weight excluding hydrogens is 532 g/mol. The van der Waals surface area contributed by atoms with Gasteiger partial charge in [-0.1, -0.05) is 35.0 Å². The van der Waals surface area contributed by atoms with Crippen LogP contribution in [0, 0.1) is 0 Å². The number of aromatic nitrogens is 2. The molecule has 0 bridgehead atoms. The Morgan fingerprint density at radius 2 is 1.79 bits per heavy atom. The van der Waals surface area contributed by atoms with Crippen molar-refractivity contribution in [2.45, 2.75) is 43.2 Å². The molecule has 1 saturated carbocycles. The van der Waals surface area contributed by atoms with E-state index in [4.69, 9.17) is 21.2 Å². The number of methoxy groups -OCH3 is 1. The summed E-state index contributed by atoms with van der Waals surface area (Å²) in [5.41, 5.74) is 1.60. The molecule has 4 rings (SSSR count). The van der Waals surface area contributed by atoms with Crippen LogP contribution in [-0.2, 0) is 30.8 Å². The Hall–Kier alpha value is -3.70. The topological polar surface area (TPSA) is 129 Å². The van der Waals surface area contributed by atoms with Gasteiger partial charge in [0.2, 0.25) is 0 Å². The van der Waals surface area contributed by atoms with Gasteiger partial charge in [-0.05, 0) is 55.5 Å². The van der Waals surface area contributed by atoms with E-state index in [0.29, 0.717) is 17.7 Å². The molecule has 200 valence electrons. The van der Waals surface area contributed by atoms with E-state index in [1.165, 1.54) is 25.3 Å². The van der Waals surface area contributed by atoms with Crippen LogP contribution in [0.4, 0.5) is 5.82 Å². The van der Waals surface area contributed by atoms with Gasteiger partial charge in [0, 0.05) is 24.1 Å². The average Bonchev–Trinajstić information content (AvgIpc) is 3.55. The molecule has 1 aliphatic rings. The number of carbonyl (C=O) groups excluding carboxylic acids is 2. The predicted molar refractivity (Wildman–Crippen MR) is 142 cm³/mol. The van der Waals surface area contributed by atoms with Crippen LogP contribution in [0.1, 0.15) is 47.2 Å². The van der Waals surface area contributed by atoms with Gasteiger partial charge >= 0.3 is 5.97 Å². The summed E-state index contributed by atoms with van der Waals surface area (Å²) < 4.78 is 30.2. The molecule has 1 fully saturated rings. The summed E-state index contributed by atoms with van der Waals surface area (Å²) in [6.07, 6.45) is 6.41. The summed E-state index contributed by atoms with van der Waals surface area (Å²) in [6.45, 7) is 0.408. The molecule has 0 atom stereocenters. The van der Waals surface area contributed by atoms with E-state index in [1.807, 2.05) is 0 Å². The van der Waals surface area contributed by atoms with Gasteiger partial charge in [-0.15, -0.1) is 0 Å². The molecule has 2 aromatic carbocycles. The van der Waals surface area contributed by atoms with Crippen molar-refractivity contribution in [3.05, 3.63) is 76.4 Å². The highest BCUT2D eigenvalue weighted by Crippen LogP contribution is 2.25. The number of amides is 1. The van der Waals surface area contributed by atoms with Gasteiger partial charge in [-0.3, -0.25) is 9.48 Å². The van der Waals surface area contributed by atoms with E-state index in [0.717, 1.165) is 37.5 Å². The lowest BCUT2D eigenvalue weighted by atomic mass is 10.1. The molecule has 1 N–H and O–H groups in total. The van der Waals surface area contributed by atoms with Gasteiger partial charge < -0.3 is 14.9 Å². The molecule has 1 aromatic heterocycles. The molecule has 10 nitrogen and oxygen atoms in total. The highest BCUT2D eigenvalue weighted by Gasteiger charge is 2.22. The second-order valence-electron chi connectivity index (χ2n) is 8.91. The monoisotopic (exact) mass is 558 g/mol. The summed E-state index contributed by atoms with van der Waals surface area (Å²) >= 11 is 6.22. The van der Waals surface area contributed by atoms with Crippen LogP contribution in [-0.4, -0.2) is 55.3 Å². The first-order valence-electron chi connectivity index (χ1n) is 11.9. The van der Waals surface area contributed by atoms with E-state index in [-0.39, 0.29) is 27.6 Å². The van der Waals surface area contributed by atoms with Crippen LogP contribution in [0.25, 0.3) is 0 Å². The number of hydrogen-bond donors (Lipinski definition) is 1. The Morgan fingerprint density at radius 3 is 2.42 bits per heavy atom. The average molecular weight is 559 g/mol. The van der Waals surface area contributed by atoms with E-state index in [9.17, 15) is 18.0 Å². The molecule has 0 unspecified atom stereocenters. The number of carbonyl (C=O) groups is 2. The zero-order chi connectivity index (χ0) is 27.3. The van der Waals surface area contributed by atoms with E-state index < -0.39 is 21.7 Å². The third-order valence-electron chi connectivity index (χ3n) is 6.02. The Kier molecular flexibility index (Phi) is 8.48. The normalized spacial score (nSPS) is 14.3. The Labute approximate surface area is 225 Å². The van der Waals surface area contributed by atoms with Crippen molar-refractivity contribution in [1.82, 2.24) is 9.78 Å². The molecule has 1 amide bonds. The van der Waals surface area contributed by atoms with Gasteiger partial charge in [0.1, 0.15) is 6.10 Å². The van der Waals surface area contributed by atoms with E-state index in [1.54, 1.807) is 41.2 Å². The fourth-order valence-corrected chi connectivity index (χ4v) is 5.37. The van der Waals surface area contributed by atoms with Crippen molar-refractivity contribution in [3.8, 4) is 0 Å². The van der Waals surface area contributed by atoms with Gasteiger partial charge in [0.15, 0.2) is 21.4 Å². The molecule has 3 aromatic rings. The molecule has 12 heteroatoms. The number of oxime groups is 1. The van der Waals surface area contributed by atoms with Crippen LogP contribution in [0.15, 0.2) is 64.8 Å². The summed E-state index contributed by atoms with van der Waals surface area (Å²) in [4.78, 5) is 30.4. The summed E-state index contributed by atoms with van der Waals surface area (Å²) in [6, 6.07) is 12.7. The molecular formula is C26H27ClN4O6S. The van der Waals surface area contributed by atoms with Crippen molar-refractivity contribution in [2.75, 3.05) is 18.7 Å². The van der Waals surface area contributed by atoms with Crippen molar-refractivity contribution < 1.29 is 27.6 Å². The largest absolute Gasteiger partial charge is 0.465 e. The van der Waals surface area contributed by atoms with E-state index >= 15 is 0 Å². The minimum absolute atomic E-state index is 0.0196. The van der Waals surface area contributed by atoms with Crippen molar-refractivity contribution >= 4 is 44.8 Å². The zero-order valence-electron chi connectivity index (χ0n) is 20.9. The van der Waals surface area contributed by atoms with Crippen molar-refractivity contribution in [1.29, 1.82) is 0 Å². The fourth-order valence-electron chi connectivity index (χ4n) is 4.04. The number of anilines is 1. The Bertz CT molecular complexity index is 1460. The Morgan fingerprint density at radius 1 is 1.11 bits per heavy atom. The number of ether oxygens (including phenoxy) is 1. The fraction of sp³-hybridized carbons (Fsp3) is 0.308.